The van der Waals surface area contributed by atoms with Crippen molar-refractivity contribution in [2.75, 3.05) is 82.6 Å². The number of likely N-dealkylation sites (tertiary alicyclic amines) is 1. The molecule has 0 bridgehead atoms. The number of piperidine rings is 1. The number of rotatable bonds is 13. The van der Waals surface area contributed by atoms with Gasteiger partial charge in [0.1, 0.15) is 17.9 Å². The molecule has 3 aliphatic heterocycles. The molecule has 0 spiro atoms. The van der Waals surface area contributed by atoms with Gasteiger partial charge in [-0.05, 0) is 94.8 Å². The van der Waals surface area contributed by atoms with E-state index in [9.17, 15) is 9.59 Å². The van der Waals surface area contributed by atoms with E-state index >= 15 is 0 Å². The van der Waals surface area contributed by atoms with Gasteiger partial charge in [0.15, 0.2) is 5.78 Å². The summed E-state index contributed by atoms with van der Waals surface area (Å²) < 4.78 is 7.70. The molecule has 4 N–H and O–H groups in total. The van der Waals surface area contributed by atoms with Crippen molar-refractivity contribution < 1.29 is 14.3 Å². The molecule has 0 saturated carbocycles. The number of anilines is 4. The number of nitrogens with zero attached hydrogens (tertiary/aromatic N) is 6. The van der Waals surface area contributed by atoms with Crippen molar-refractivity contribution in [3.8, 4) is 5.75 Å². The van der Waals surface area contributed by atoms with Crippen molar-refractivity contribution in [3.63, 3.8) is 0 Å². The highest BCUT2D eigenvalue weighted by molar-refractivity contribution is 6.30. The summed E-state index contributed by atoms with van der Waals surface area (Å²) >= 11 is 0. The van der Waals surface area contributed by atoms with Crippen LogP contribution in [-0.4, -0.2) is 121 Å². The summed E-state index contributed by atoms with van der Waals surface area (Å²) in [4.78, 5) is 45.4. The van der Waals surface area contributed by atoms with E-state index in [1.165, 1.54) is 37.9 Å². The predicted octanol–water partition coefficient (Wildman–Crippen LogP) is 4.99. The number of hydrogen-bond donors (Lipinski definition) is 4. The van der Waals surface area contributed by atoms with E-state index in [1.54, 1.807) is 13.2 Å². The minimum atomic E-state index is -0.508. The maximum atomic E-state index is 14.4. The third kappa shape index (κ3) is 8.46. The van der Waals surface area contributed by atoms with Gasteiger partial charge >= 0.3 is 0 Å². The first kappa shape index (κ1) is 39.4. The van der Waals surface area contributed by atoms with Gasteiger partial charge in [-0.3, -0.25) is 14.5 Å². The molecule has 0 unspecified atom stereocenters. The molecule has 3 aliphatic rings. The average molecular weight is 763 g/mol. The van der Waals surface area contributed by atoms with Crippen molar-refractivity contribution in [1.29, 1.82) is 0 Å². The molecule has 13 heteroatoms. The number of methoxy groups -OCH3 is 1. The standard InChI is InChI=1S/C43H58N10O3/c1-28(44-5)25-45-40(43(2,3)4)39(54)38-33(26-53-16-8-9-36(38)53)42(55)49-35-23-32-34(24-37(35)56-7)46-27-47-41(32)48-29-10-12-30(13-11-29)51-19-21-52(22-20-51)31-14-17-50(6)18-15-31/h8-13,16,23-24,27-28,31,40,44-45H,14-15,17-22,25-26H2,1-7H3,(H,49,55)(H,46,47,48)/t28-,40+/m0/s1. The Hall–Kier alpha value is -4.82. The number of Topliss-reactive ketones (excluding diaryl/α,β-unsaturated/α-hetero) is 1. The first-order valence-corrected chi connectivity index (χ1v) is 20.0. The molecular formula is C43H58N10O3. The van der Waals surface area contributed by atoms with E-state index in [0.717, 1.165) is 42.9 Å². The molecule has 4 aromatic rings. The number of aromatic nitrogens is 3. The molecule has 2 aromatic carbocycles. The number of carbonyl (C=O) groups excluding carboxylic acids is 2. The van der Waals surface area contributed by atoms with Gasteiger partial charge in [-0.1, -0.05) is 20.8 Å². The van der Waals surface area contributed by atoms with Crippen LogP contribution < -0.4 is 30.9 Å². The number of piperazine rings is 1. The lowest BCUT2D eigenvalue weighted by Gasteiger charge is -2.42. The van der Waals surface area contributed by atoms with Gasteiger partial charge in [-0.15, -0.1) is 0 Å². The number of ketones is 1. The third-order valence-corrected chi connectivity index (χ3v) is 11.7. The second kappa shape index (κ2) is 16.7. The number of benzene rings is 2. The number of hydrogen-bond acceptors (Lipinski definition) is 11. The Balaban J connectivity index is 1.09. The number of ether oxygens (including phenoxy) is 1. The number of nitrogens with one attached hydrogen (secondary N) is 4. The Bertz CT molecular complexity index is 2050. The van der Waals surface area contributed by atoms with Crippen molar-refractivity contribution >= 4 is 51.0 Å². The lowest BCUT2D eigenvalue weighted by atomic mass is 9.80. The fourth-order valence-electron chi connectivity index (χ4n) is 8.22. The van der Waals surface area contributed by atoms with Crippen LogP contribution in [0, 0.1) is 5.41 Å². The fraction of sp³-hybridized carbons (Fsp3) is 0.488. The zero-order chi connectivity index (χ0) is 39.6. The van der Waals surface area contributed by atoms with Gasteiger partial charge in [0.2, 0.25) is 0 Å². The van der Waals surface area contributed by atoms with Crippen LogP contribution in [-0.2, 0) is 16.1 Å². The number of carbonyl (C=O) groups is 2. The molecular weight excluding hydrogens is 705 g/mol. The molecule has 5 heterocycles. The minimum Gasteiger partial charge on any atom is -0.494 e. The molecule has 0 radical (unpaired) electrons. The maximum Gasteiger partial charge on any atom is 0.254 e. The van der Waals surface area contributed by atoms with Crippen LogP contribution in [0.25, 0.3) is 16.5 Å². The monoisotopic (exact) mass is 762 g/mol. The van der Waals surface area contributed by atoms with Gasteiger partial charge in [0.25, 0.3) is 5.91 Å². The Labute approximate surface area is 330 Å². The van der Waals surface area contributed by atoms with Crippen LogP contribution in [0.5, 0.6) is 5.75 Å². The van der Waals surface area contributed by atoms with Gasteiger partial charge in [0, 0.05) is 79.4 Å². The summed E-state index contributed by atoms with van der Waals surface area (Å²) in [5.74, 6) is 0.598. The van der Waals surface area contributed by atoms with Crippen LogP contribution in [0.15, 0.2) is 66.6 Å². The quantitative estimate of drug-likeness (QED) is 0.147. The van der Waals surface area contributed by atoms with Gasteiger partial charge in [-0.2, -0.15) is 0 Å². The first-order valence-electron chi connectivity index (χ1n) is 20.0. The molecule has 56 heavy (non-hydrogen) atoms. The topological polar surface area (TPSA) is 132 Å². The summed E-state index contributed by atoms with van der Waals surface area (Å²) in [7, 11) is 5.68. The largest absolute Gasteiger partial charge is 0.494 e. The third-order valence-electron chi connectivity index (χ3n) is 11.7. The van der Waals surface area contributed by atoms with E-state index < -0.39 is 11.5 Å². The molecule has 7 rings (SSSR count). The van der Waals surface area contributed by atoms with Crippen molar-refractivity contribution in [1.82, 2.24) is 35.0 Å². The van der Waals surface area contributed by atoms with E-state index in [2.05, 4.69) is 84.2 Å². The second-order valence-corrected chi connectivity index (χ2v) is 16.6. The zero-order valence-corrected chi connectivity index (χ0v) is 34.0. The Kier molecular flexibility index (Phi) is 11.8. The summed E-state index contributed by atoms with van der Waals surface area (Å²) in [6, 6.07) is 16.3. The van der Waals surface area contributed by atoms with E-state index in [1.807, 2.05) is 56.8 Å². The van der Waals surface area contributed by atoms with Gasteiger partial charge in [0.05, 0.1) is 42.2 Å². The molecule has 2 fully saturated rings. The van der Waals surface area contributed by atoms with Gasteiger partial charge < -0.3 is 40.4 Å². The predicted molar refractivity (Wildman–Crippen MR) is 225 cm³/mol. The average Bonchev–Trinajstić information content (AvgIpc) is 3.80. The van der Waals surface area contributed by atoms with Crippen LogP contribution in [0.2, 0.25) is 0 Å². The van der Waals surface area contributed by atoms with Crippen molar-refractivity contribution in [2.24, 2.45) is 5.41 Å². The number of amides is 1. The maximum absolute atomic E-state index is 14.4. The summed E-state index contributed by atoms with van der Waals surface area (Å²) in [6.07, 6.45) is 5.95. The molecule has 1 amide bonds. The lowest BCUT2D eigenvalue weighted by molar-refractivity contribution is -0.118. The van der Waals surface area contributed by atoms with Crippen molar-refractivity contribution in [3.05, 3.63) is 72.3 Å². The Morgan fingerprint density at radius 3 is 2.39 bits per heavy atom. The molecule has 2 aromatic heterocycles. The number of likely N-dealkylation sites (N-methyl/N-ethyl adjacent to an activating group) is 1. The zero-order valence-electron chi connectivity index (χ0n) is 34.0. The minimum absolute atomic E-state index is 0.102. The van der Waals surface area contributed by atoms with Crippen LogP contribution in [0.3, 0.4) is 0 Å². The Morgan fingerprint density at radius 2 is 1.71 bits per heavy atom. The van der Waals surface area contributed by atoms with E-state index in [4.69, 9.17) is 4.74 Å². The summed E-state index contributed by atoms with van der Waals surface area (Å²) in [6.45, 7) is 15.7. The molecule has 13 nitrogen and oxygen atoms in total. The highest BCUT2D eigenvalue weighted by Gasteiger charge is 2.39. The highest BCUT2D eigenvalue weighted by atomic mass is 16.5. The smallest absolute Gasteiger partial charge is 0.254 e. The first-order chi connectivity index (χ1) is 26.9. The SMILES string of the molecule is CN[C@@H](C)CN[C@H](C(=O)C1=C(C(=O)Nc2cc3c(Nc4ccc(N5CCN(C6CCN(C)CC6)CC5)cc4)ncnc3cc2OC)Cn2cccc21)C(C)(C)C. The lowest BCUT2D eigenvalue weighted by Crippen LogP contribution is -2.52. The van der Waals surface area contributed by atoms with Gasteiger partial charge in [-0.25, -0.2) is 9.97 Å². The highest BCUT2D eigenvalue weighted by Crippen LogP contribution is 2.37. The Morgan fingerprint density at radius 1 is 0.982 bits per heavy atom. The fourth-order valence-corrected chi connectivity index (χ4v) is 8.22. The van der Waals surface area contributed by atoms with E-state index in [0.29, 0.717) is 46.5 Å². The normalized spacial score (nSPS) is 18.2. The molecule has 2 saturated heterocycles. The molecule has 298 valence electrons. The van der Waals surface area contributed by atoms with Crippen LogP contribution in [0.4, 0.5) is 22.9 Å². The second-order valence-electron chi connectivity index (χ2n) is 16.6. The van der Waals surface area contributed by atoms with Crippen LogP contribution >= 0.6 is 0 Å². The molecule has 2 atom stereocenters. The van der Waals surface area contributed by atoms with E-state index in [-0.39, 0.29) is 24.3 Å². The van der Waals surface area contributed by atoms with Crippen molar-refractivity contribution in [2.45, 2.75) is 65.2 Å². The number of fused-ring (bicyclic) bond motifs is 2. The molecule has 0 aliphatic carbocycles. The van der Waals surface area contributed by atoms with Crippen LogP contribution in [0.1, 0.15) is 46.2 Å². The summed E-state index contributed by atoms with van der Waals surface area (Å²) in [5.41, 5.74) is 4.42. The summed E-state index contributed by atoms with van der Waals surface area (Å²) in [5, 5.41) is 14.0.